The average molecular weight is 428 g/mol. The molecule has 11 heteroatoms. The predicted octanol–water partition coefficient (Wildman–Crippen LogP) is 3.23. The molecule has 0 aliphatic rings. The molecule has 10 nitrogen and oxygen atoms in total. The van der Waals surface area contributed by atoms with Gasteiger partial charge in [0.05, 0.1) is 29.5 Å². The number of rotatable bonds is 7. The van der Waals surface area contributed by atoms with Gasteiger partial charge in [-0.3, -0.25) is 19.9 Å². The van der Waals surface area contributed by atoms with Crippen LogP contribution in [0.15, 0.2) is 42.6 Å². The number of anilines is 1. The molecule has 1 aromatic carbocycles. The zero-order valence-electron chi connectivity index (χ0n) is 15.9. The largest absolute Gasteiger partial charge is 0.496 e. The van der Waals surface area contributed by atoms with Gasteiger partial charge >= 0.3 is 5.97 Å². The Labute approximate surface area is 174 Å². The highest BCUT2D eigenvalue weighted by Gasteiger charge is 2.21. The van der Waals surface area contributed by atoms with Crippen molar-refractivity contribution in [3.8, 4) is 16.5 Å². The molecule has 0 spiro atoms. The van der Waals surface area contributed by atoms with Crippen LogP contribution in [-0.4, -0.2) is 40.5 Å². The van der Waals surface area contributed by atoms with Crippen LogP contribution in [0.4, 0.5) is 11.4 Å². The minimum absolute atomic E-state index is 0.0340. The van der Waals surface area contributed by atoms with Crippen LogP contribution in [-0.2, 0) is 9.53 Å². The van der Waals surface area contributed by atoms with Gasteiger partial charge in [-0.25, -0.2) is 9.78 Å². The number of aryl methyl sites for hydroxylation is 1. The number of nitrogens with one attached hydrogen (secondary N) is 1. The Bertz CT molecular complexity index is 1100. The summed E-state index contributed by atoms with van der Waals surface area (Å²) in [7, 11) is 1.37. The van der Waals surface area contributed by atoms with Crippen molar-refractivity contribution in [1.82, 2.24) is 9.97 Å². The first kappa shape index (κ1) is 20.9. The summed E-state index contributed by atoms with van der Waals surface area (Å²) >= 11 is 1.10. The van der Waals surface area contributed by atoms with Gasteiger partial charge in [-0.15, -0.1) is 11.3 Å². The van der Waals surface area contributed by atoms with Gasteiger partial charge in [0.25, 0.3) is 11.6 Å². The molecule has 30 heavy (non-hydrogen) atoms. The second kappa shape index (κ2) is 9.09. The fourth-order valence-corrected chi connectivity index (χ4v) is 3.40. The number of nitro groups is 1. The van der Waals surface area contributed by atoms with Gasteiger partial charge in [-0.05, 0) is 31.2 Å². The number of thiazole rings is 1. The number of hydrogen-bond acceptors (Lipinski definition) is 9. The molecule has 0 atom stereocenters. The molecule has 0 radical (unpaired) electrons. The molecule has 2 heterocycles. The average Bonchev–Trinajstić information content (AvgIpc) is 3.14. The van der Waals surface area contributed by atoms with Gasteiger partial charge in [0, 0.05) is 6.20 Å². The monoisotopic (exact) mass is 428 g/mol. The van der Waals surface area contributed by atoms with E-state index in [1.54, 1.807) is 31.3 Å². The number of hydrogen-bond donors (Lipinski definition) is 1. The van der Waals surface area contributed by atoms with E-state index in [2.05, 4.69) is 15.3 Å². The SMILES string of the molecule is COc1ccc(NC(=O)COC(=O)c2sc(-c3ccccn3)nc2C)c([N+](=O)[O-])c1. The van der Waals surface area contributed by atoms with Gasteiger partial charge in [-0.2, -0.15) is 0 Å². The maximum atomic E-state index is 12.3. The topological polar surface area (TPSA) is 134 Å². The number of amides is 1. The summed E-state index contributed by atoms with van der Waals surface area (Å²) in [5.74, 6) is -1.16. The Morgan fingerprint density at radius 3 is 2.73 bits per heavy atom. The van der Waals surface area contributed by atoms with Crippen LogP contribution in [0.2, 0.25) is 0 Å². The summed E-state index contributed by atoms with van der Waals surface area (Å²) in [6.45, 7) is 1.04. The molecule has 154 valence electrons. The van der Waals surface area contributed by atoms with E-state index in [9.17, 15) is 19.7 Å². The Morgan fingerprint density at radius 2 is 2.07 bits per heavy atom. The Hall–Kier alpha value is -3.86. The lowest BCUT2D eigenvalue weighted by molar-refractivity contribution is -0.384. The Balaban J connectivity index is 1.65. The lowest BCUT2D eigenvalue weighted by atomic mass is 10.2. The van der Waals surface area contributed by atoms with E-state index in [-0.39, 0.29) is 22.0 Å². The maximum absolute atomic E-state index is 12.3. The smallest absolute Gasteiger partial charge is 0.350 e. The molecule has 0 unspecified atom stereocenters. The Morgan fingerprint density at radius 1 is 1.27 bits per heavy atom. The first-order valence-electron chi connectivity index (χ1n) is 8.57. The summed E-state index contributed by atoms with van der Waals surface area (Å²) in [6.07, 6.45) is 1.62. The van der Waals surface area contributed by atoms with Crippen LogP contribution in [0.25, 0.3) is 10.7 Å². The van der Waals surface area contributed by atoms with Crippen molar-refractivity contribution in [3.63, 3.8) is 0 Å². The molecule has 0 fully saturated rings. The standard InChI is InChI=1S/C19H16N4O6S/c1-11-17(30-18(21-11)14-5-3-4-8-20-14)19(25)29-10-16(24)22-13-7-6-12(28-2)9-15(13)23(26)27/h3-9H,10H2,1-2H3,(H,22,24). The zero-order chi connectivity index (χ0) is 21.7. The number of pyridine rings is 1. The number of aromatic nitrogens is 2. The number of ether oxygens (including phenoxy) is 2. The first-order chi connectivity index (χ1) is 14.4. The number of nitrogens with zero attached hydrogens (tertiary/aromatic N) is 3. The number of esters is 1. The van der Waals surface area contributed by atoms with E-state index in [0.717, 1.165) is 11.3 Å². The molecule has 1 amide bonds. The molecule has 2 aromatic heterocycles. The molecule has 0 saturated carbocycles. The number of carbonyl (C=O) groups excluding carboxylic acids is 2. The lowest BCUT2D eigenvalue weighted by Gasteiger charge is -2.08. The number of methoxy groups -OCH3 is 1. The minimum atomic E-state index is -0.719. The van der Waals surface area contributed by atoms with Crippen LogP contribution >= 0.6 is 11.3 Å². The molecule has 0 aliphatic carbocycles. The molecule has 0 saturated heterocycles. The Kier molecular flexibility index (Phi) is 6.32. The minimum Gasteiger partial charge on any atom is -0.496 e. The molecular weight excluding hydrogens is 412 g/mol. The van der Waals surface area contributed by atoms with E-state index >= 15 is 0 Å². The number of benzene rings is 1. The third-order valence-corrected chi connectivity index (χ3v) is 5.04. The van der Waals surface area contributed by atoms with Crippen molar-refractivity contribution in [2.75, 3.05) is 19.0 Å². The summed E-state index contributed by atoms with van der Waals surface area (Å²) in [5, 5.41) is 14.1. The van der Waals surface area contributed by atoms with Crippen molar-refractivity contribution in [2.24, 2.45) is 0 Å². The second-order valence-electron chi connectivity index (χ2n) is 5.91. The highest BCUT2D eigenvalue weighted by molar-refractivity contribution is 7.17. The van der Waals surface area contributed by atoms with Crippen molar-refractivity contribution >= 4 is 34.6 Å². The summed E-state index contributed by atoms with van der Waals surface area (Å²) in [6, 6.07) is 9.33. The van der Waals surface area contributed by atoms with Crippen LogP contribution < -0.4 is 10.1 Å². The summed E-state index contributed by atoms with van der Waals surface area (Å²) < 4.78 is 9.98. The highest BCUT2D eigenvalue weighted by atomic mass is 32.1. The summed E-state index contributed by atoms with van der Waals surface area (Å²) in [4.78, 5) is 43.8. The number of carbonyl (C=O) groups is 2. The molecular formula is C19H16N4O6S. The summed E-state index contributed by atoms with van der Waals surface area (Å²) in [5.41, 5.74) is 0.701. The van der Waals surface area contributed by atoms with Gasteiger partial charge < -0.3 is 14.8 Å². The van der Waals surface area contributed by atoms with E-state index in [4.69, 9.17) is 9.47 Å². The van der Waals surface area contributed by atoms with Crippen LogP contribution in [0.1, 0.15) is 15.4 Å². The van der Waals surface area contributed by atoms with Crippen molar-refractivity contribution in [3.05, 3.63) is 63.3 Å². The number of nitro benzene ring substituents is 1. The van der Waals surface area contributed by atoms with E-state index in [0.29, 0.717) is 16.4 Å². The van der Waals surface area contributed by atoms with Gasteiger partial charge in [0.2, 0.25) is 0 Å². The molecule has 0 bridgehead atoms. The van der Waals surface area contributed by atoms with Gasteiger partial charge in [0.15, 0.2) is 6.61 Å². The van der Waals surface area contributed by atoms with E-state index < -0.39 is 23.4 Å². The molecule has 3 aromatic rings. The van der Waals surface area contributed by atoms with Gasteiger partial charge in [0.1, 0.15) is 21.3 Å². The van der Waals surface area contributed by atoms with Crippen molar-refractivity contribution in [2.45, 2.75) is 6.92 Å². The lowest BCUT2D eigenvalue weighted by Crippen LogP contribution is -2.21. The van der Waals surface area contributed by atoms with Crippen LogP contribution in [0.5, 0.6) is 5.75 Å². The maximum Gasteiger partial charge on any atom is 0.350 e. The van der Waals surface area contributed by atoms with E-state index in [1.807, 2.05) is 0 Å². The normalized spacial score (nSPS) is 10.3. The molecule has 1 N–H and O–H groups in total. The third kappa shape index (κ3) is 4.75. The second-order valence-corrected chi connectivity index (χ2v) is 6.91. The van der Waals surface area contributed by atoms with E-state index in [1.165, 1.54) is 25.3 Å². The zero-order valence-corrected chi connectivity index (χ0v) is 16.8. The van der Waals surface area contributed by atoms with Crippen LogP contribution in [0.3, 0.4) is 0 Å². The third-order valence-electron chi connectivity index (χ3n) is 3.88. The van der Waals surface area contributed by atoms with Gasteiger partial charge in [-0.1, -0.05) is 6.07 Å². The first-order valence-corrected chi connectivity index (χ1v) is 9.39. The molecule has 3 rings (SSSR count). The van der Waals surface area contributed by atoms with Crippen LogP contribution in [0, 0.1) is 17.0 Å². The predicted molar refractivity (Wildman–Crippen MR) is 109 cm³/mol. The fourth-order valence-electron chi connectivity index (χ4n) is 2.46. The van der Waals surface area contributed by atoms with Crippen molar-refractivity contribution < 1.29 is 24.0 Å². The fraction of sp³-hybridized carbons (Fsp3) is 0.158. The quantitative estimate of drug-likeness (QED) is 0.344. The van der Waals surface area contributed by atoms with Crippen molar-refractivity contribution in [1.29, 1.82) is 0 Å². The highest BCUT2D eigenvalue weighted by Crippen LogP contribution is 2.29. The molecule has 0 aliphatic heterocycles.